The highest BCUT2D eigenvalue weighted by Gasteiger charge is 2.28. The van der Waals surface area contributed by atoms with Crippen LogP contribution in [0.3, 0.4) is 0 Å². The Balaban J connectivity index is 2.53. The van der Waals surface area contributed by atoms with Gasteiger partial charge in [0.15, 0.2) is 0 Å². The summed E-state index contributed by atoms with van der Waals surface area (Å²) in [4.78, 5) is 11.3. The van der Waals surface area contributed by atoms with E-state index in [4.69, 9.17) is 5.73 Å². The van der Waals surface area contributed by atoms with E-state index in [1.807, 2.05) is 30.3 Å². The zero-order chi connectivity index (χ0) is 11.3. The van der Waals surface area contributed by atoms with Crippen LogP contribution in [0.4, 0.5) is 0 Å². The number of benzene rings is 1. The fourth-order valence-corrected chi connectivity index (χ4v) is 1.38. The van der Waals surface area contributed by atoms with E-state index in [0.717, 1.165) is 6.42 Å². The molecule has 1 aromatic rings. The zero-order valence-electron chi connectivity index (χ0n) is 9.19. The van der Waals surface area contributed by atoms with Crippen molar-refractivity contribution in [2.45, 2.75) is 25.3 Å². The molecule has 0 heterocycles. The van der Waals surface area contributed by atoms with Crippen molar-refractivity contribution in [1.29, 1.82) is 0 Å². The Bertz CT molecular complexity index is 320. The molecule has 82 valence electrons. The highest BCUT2D eigenvalue weighted by molar-refractivity contribution is 5.79. The van der Waals surface area contributed by atoms with Crippen LogP contribution in [0.2, 0.25) is 0 Å². The molecule has 2 N–H and O–H groups in total. The standard InChI is InChI=1S/C12H17NO2/c1-12(13,11(14)15-2)9-8-10-6-4-3-5-7-10/h3-7H,8-9,13H2,1-2H3/t12-/m0/s1. The van der Waals surface area contributed by atoms with Crippen LogP contribution in [-0.2, 0) is 16.0 Å². The van der Waals surface area contributed by atoms with Gasteiger partial charge < -0.3 is 10.5 Å². The van der Waals surface area contributed by atoms with Crippen LogP contribution in [0.5, 0.6) is 0 Å². The van der Waals surface area contributed by atoms with Crippen LogP contribution < -0.4 is 5.73 Å². The average molecular weight is 207 g/mol. The molecule has 3 heteroatoms. The normalized spacial score (nSPS) is 14.3. The van der Waals surface area contributed by atoms with Gasteiger partial charge in [0.05, 0.1) is 7.11 Å². The quantitative estimate of drug-likeness (QED) is 0.761. The molecule has 0 radical (unpaired) electrons. The molecule has 0 spiro atoms. The molecule has 0 aliphatic rings. The maximum Gasteiger partial charge on any atom is 0.325 e. The highest BCUT2D eigenvalue weighted by atomic mass is 16.5. The average Bonchev–Trinajstić information content (AvgIpc) is 2.27. The van der Waals surface area contributed by atoms with E-state index in [0.29, 0.717) is 6.42 Å². The number of esters is 1. The first-order valence-electron chi connectivity index (χ1n) is 4.97. The van der Waals surface area contributed by atoms with Crippen molar-refractivity contribution in [2.24, 2.45) is 5.73 Å². The van der Waals surface area contributed by atoms with Crippen molar-refractivity contribution in [3.8, 4) is 0 Å². The first-order chi connectivity index (χ1) is 7.06. The van der Waals surface area contributed by atoms with Gasteiger partial charge in [-0.05, 0) is 25.3 Å². The van der Waals surface area contributed by atoms with E-state index in [9.17, 15) is 4.79 Å². The molecule has 1 atom stereocenters. The Morgan fingerprint density at radius 2 is 2.00 bits per heavy atom. The third-order valence-corrected chi connectivity index (χ3v) is 2.43. The summed E-state index contributed by atoms with van der Waals surface area (Å²) in [6, 6.07) is 9.95. The zero-order valence-corrected chi connectivity index (χ0v) is 9.19. The van der Waals surface area contributed by atoms with Gasteiger partial charge in [-0.2, -0.15) is 0 Å². The molecule has 0 amide bonds. The van der Waals surface area contributed by atoms with Crippen molar-refractivity contribution < 1.29 is 9.53 Å². The van der Waals surface area contributed by atoms with E-state index < -0.39 is 5.54 Å². The van der Waals surface area contributed by atoms with Crippen LogP contribution in [-0.4, -0.2) is 18.6 Å². The van der Waals surface area contributed by atoms with Crippen molar-refractivity contribution in [1.82, 2.24) is 0 Å². The lowest BCUT2D eigenvalue weighted by Gasteiger charge is -2.21. The van der Waals surface area contributed by atoms with Crippen LogP contribution >= 0.6 is 0 Å². The molecule has 0 fully saturated rings. The summed E-state index contributed by atoms with van der Waals surface area (Å²) in [6.07, 6.45) is 1.37. The molecule has 3 nitrogen and oxygen atoms in total. The summed E-state index contributed by atoms with van der Waals surface area (Å²) in [7, 11) is 1.36. The third-order valence-electron chi connectivity index (χ3n) is 2.43. The smallest absolute Gasteiger partial charge is 0.325 e. The van der Waals surface area contributed by atoms with Gasteiger partial charge in [0, 0.05) is 0 Å². The monoisotopic (exact) mass is 207 g/mol. The minimum atomic E-state index is -0.898. The predicted molar refractivity (Wildman–Crippen MR) is 59.4 cm³/mol. The number of methoxy groups -OCH3 is 1. The van der Waals surface area contributed by atoms with Gasteiger partial charge in [0.25, 0.3) is 0 Å². The summed E-state index contributed by atoms with van der Waals surface area (Å²) < 4.78 is 4.64. The number of rotatable bonds is 4. The van der Waals surface area contributed by atoms with Crippen molar-refractivity contribution in [3.63, 3.8) is 0 Å². The van der Waals surface area contributed by atoms with Crippen molar-refractivity contribution >= 4 is 5.97 Å². The Morgan fingerprint density at radius 1 is 1.40 bits per heavy atom. The number of carbonyl (C=O) groups is 1. The molecule has 0 unspecified atom stereocenters. The fraction of sp³-hybridized carbons (Fsp3) is 0.417. The van der Waals surface area contributed by atoms with Gasteiger partial charge in [0.2, 0.25) is 0 Å². The van der Waals surface area contributed by atoms with E-state index >= 15 is 0 Å². The molecule has 1 aromatic carbocycles. The Hall–Kier alpha value is -1.35. The second-order valence-corrected chi connectivity index (χ2v) is 3.89. The molecule has 0 saturated heterocycles. The van der Waals surface area contributed by atoms with Gasteiger partial charge >= 0.3 is 5.97 Å². The molecular formula is C12H17NO2. The van der Waals surface area contributed by atoms with E-state index in [2.05, 4.69) is 4.74 Å². The Morgan fingerprint density at radius 3 is 2.53 bits per heavy atom. The summed E-state index contributed by atoms with van der Waals surface area (Å²) in [6.45, 7) is 1.70. The summed E-state index contributed by atoms with van der Waals surface area (Å²) in [5, 5.41) is 0. The Labute approximate surface area is 90.2 Å². The lowest BCUT2D eigenvalue weighted by Crippen LogP contribution is -2.46. The first kappa shape index (κ1) is 11.7. The minimum absolute atomic E-state index is 0.363. The van der Waals surface area contributed by atoms with E-state index in [1.54, 1.807) is 6.92 Å². The lowest BCUT2D eigenvalue weighted by atomic mass is 9.94. The van der Waals surface area contributed by atoms with Gasteiger partial charge in [-0.1, -0.05) is 30.3 Å². The second kappa shape index (κ2) is 4.94. The molecule has 15 heavy (non-hydrogen) atoms. The number of hydrogen-bond donors (Lipinski definition) is 1. The summed E-state index contributed by atoms with van der Waals surface area (Å²) in [5.74, 6) is -0.363. The number of ether oxygens (including phenoxy) is 1. The number of aryl methyl sites for hydroxylation is 1. The van der Waals surface area contributed by atoms with Crippen LogP contribution in [0.1, 0.15) is 18.9 Å². The van der Waals surface area contributed by atoms with Gasteiger partial charge in [-0.3, -0.25) is 4.79 Å². The molecule has 0 bridgehead atoms. The van der Waals surface area contributed by atoms with E-state index in [-0.39, 0.29) is 5.97 Å². The number of nitrogens with two attached hydrogens (primary N) is 1. The third kappa shape index (κ3) is 3.36. The maximum atomic E-state index is 11.3. The van der Waals surface area contributed by atoms with Crippen molar-refractivity contribution in [3.05, 3.63) is 35.9 Å². The Kier molecular flexibility index (Phi) is 3.86. The SMILES string of the molecule is COC(=O)[C@@](C)(N)CCc1ccccc1. The molecule has 0 aliphatic carbocycles. The topological polar surface area (TPSA) is 52.3 Å². The predicted octanol–water partition coefficient (Wildman–Crippen LogP) is 1.51. The summed E-state index contributed by atoms with van der Waals surface area (Å²) in [5.41, 5.74) is 6.12. The fourth-order valence-electron chi connectivity index (χ4n) is 1.38. The molecular weight excluding hydrogens is 190 g/mol. The maximum absolute atomic E-state index is 11.3. The largest absolute Gasteiger partial charge is 0.468 e. The molecule has 0 aliphatic heterocycles. The molecule has 0 aromatic heterocycles. The van der Waals surface area contributed by atoms with E-state index in [1.165, 1.54) is 12.7 Å². The van der Waals surface area contributed by atoms with Crippen LogP contribution in [0.25, 0.3) is 0 Å². The molecule has 1 rings (SSSR count). The first-order valence-corrected chi connectivity index (χ1v) is 4.97. The van der Waals surface area contributed by atoms with Crippen molar-refractivity contribution in [2.75, 3.05) is 7.11 Å². The molecule has 0 saturated carbocycles. The number of hydrogen-bond acceptors (Lipinski definition) is 3. The minimum Gasteiger partial charge on any atom is -0.468 e. The van der Waals surface area contributed by atoms with Crippen LogP contribution in [0, 0.1) is 0 Å². The van der Waals surface area contributed by atoms with Gasteiger partial charge in [-0.15, -0.1) is 0 Å². The van der Waals surface area contributed by atoms with Gasteiger partial charge in [0.1, 0.15) is 5.54 Å². The van der Waals surface area contributed by atoms with Gasteiger partial charge in [-0.25, -0.2) is 0 Å². The second-order valence-electron chi connectivity index (χ2n) is 3.89. The highest BCUT2D eigenvalue weighted by Crippen LogP contribution is 2.12. The summed E-state index contributed by atoms with van der Waals surface area (Å²) >= 11 is 0. The van der Waals surface area contributed by atoms with Crippen LogP contribution in [0.15, 0.2) is 30.3 Å². The lowest BCUT2D eigenvalue weighted by molar-refractivity contribution is -0.146. The number of carbonyl (C=O) groups excluding carboxylic acids is 1.